The molecule has 1 aromatic carbocycles. The average molecular weight is 282 g/mol. The quantitative estimate of drug-likeness (QED) is 0.801. The van der Waals surface area contributed by atoms with Crippen LogP contribution < -0.4 is 0 Å². The van der Waals surface area contributed by atoms with Gasteiger partial charge in [-0.3, -0.25) is 4.79 Å². The third-order valence-corrected chi connectivity index (χ3v) is 3.14. The van der Waals surface area contributed by atoms with E-state index in [1.807, 2.05) is 6.92 Å². The summed E-state index contributed by atoms with van der Waals surface area (Å²) in [6.45, 7) is 1.96. The Morgan fingerprint density at radius 3 is 2.69 bits per heavy atom. The van der Waals surface area contributed by atoms with Crippen LogP contribution in [0, 0.1) is 11.3 Å². The van der Waals surface area contributed by atoms with Crippen molar-refractivity contribution in [3.63, 3.8) is 0 Å². The van der Waals surface area contributed by atoms with E-state index >= 15 is 0 Å². The summed E-state index contributed by atoms with van der Waals surface area (Å²) in [6.07, 6.45) is 0.907. The van der Waals surface area contributed by atoms with Crippen molar-refractivity contribution in [3.05, 3.63) is 33.3 Å². The minimum absolute atomic E-state index is 0.190. The Hall–Kier alpha value is -1.34. The van der Waals surface area contributed by atoms with Crippen molar-refractivity contribution in [3.8, 4) is 6.07 Å². The number of halogens is 1. The Balaban J connectivity index is 3.24. The maximum Gasteiger partial charge on any atom is 0.310 e. The number of hydrogen-bond acceptors (Lipinski definition) is 3. The van der Waals surface area contributed by atoms with Gasteiger partial charge in [0.25, 0.3) is 0 Å². The van der Waals surface area contributed by atoms with Crippen LogP contribution in [0.3, 0.4) is 0 Å². The van der Waals surface area contributed by atoms with Gasteiger partial charge in [-0.25, -0.2) is 0 Å². The first-order chi connectivity index (χ1) is 7.63. The molecule has 16 heavy (non-hydrogen) atoms. The standard InChI is InChI=1S/C12H12BrNO2/c1-3-9-8(7-14)4-5-11(13)10(9)6-12(15)16-2/h4-5H,3,6H2,1-2H3. The van der Waals surface area contributed by atoms with Crippen LogP contribution in [0.2, 0.25) is 0 Å². The number of hydrogen-bond donors (Lipinski definition) is 0. The number of nitriles is 1. The molecule has 0 aromatic heterocycles. The maximum atomic E-state index is 11.3. The van der Waals surface area contributed by atoms with Gasteiger partial charge in [0.2, 0.25) is 0 Å². The Bertz CT molecular complexity index is 449. The van der Waals surface area contributed by atoms with Gasteiger partial charge in [0, 0.05) is 4.47 Å². The van der Waals surface area contributed by atoms with Crippen molar-refractivity contribution >= 4 is 21.9 Å². The van der Waals surface area contributed by atoms with Gasteiger partial charge in [0.15, 0.2) is 0 Å². The number of nitrogens with zero attached hydrogens (tertiary/aromatic N) is 1. The summed E-state index contributed by atoms with van der Waals surface area (Å²) in [6, 6.07) is 5.67. The molecular formula is C12H12BrNO2. The highest BCUT2D eigenvalue weighted by Crippen LogP contribution is 2.25. The first kappa shape index (κ1) is 12.7. The Kier molecular flexibility index (Phi) is 4.51. The molecule has 0 aliphatic heterocycles. The van der Waals surface area contributed by atoms with E-state index < -0.39 is 0 Å². The molecule has 0 spiro atoms. The van der Waals surface area contributed by atoms with Crippen LogP contribution in [0.15, 0.2) is 16.6 Å². The number of methoxy groups -OCH3 is 1. The summed E-state index contributed by atoms with van der Waals surface area (Å²) in [7, 11) is 1.36. The van der Waals surface area contributed by atoms with Crippen LogP contribution in [0.25, 0.3) is 0 Å². The molecule has 0 radical (unpaired) electrons. The van der Waals surface area contributed by atoms with Gasteiger partial charge in [0.05, 0.1) is 25.2 Å². The number of carbonyl (C=O) groups excluding carboxylic acids is 1. The molecule has 0 fully saturated rings. The van der Waals surface area contributed by atoms with Crippen LogP contribution in [0.4, 0.5) is 0 Å². The monoisotopic (exact) mass is 281 g/mol. The highest BCUT2D eigenvalue weighted by molar-refractivity contribution is 9.10. The molecule has 0 atom stereocenters. The van der Waals surface area contributed by atoms with E-state index in [0.717, 1.165) is 15.6 Å². The number of rotatable bonds is 3. The van der Waals surface area contributed by atoms with Gasteiger partial charge in [-0.05, 0) is 29.7 Å². The second-order valence-electron chi connectivity index (χ2n) is 3.27. The Labute approximate surface area is 103 Å². The van der Waals surface area contributed by atoms with Gasteiger partial charge in [-0.1, -0.05) is 22.9 Å². The number of carbonyl (C=O) groups is 1. The summed E-state index contributed by atoms with van der Waals surface area (Å²) in [4.78, 5) is 11.3. The minimum Gasteiger partial charge on any atom is -0.469 e. The smallest absolute Gasteiger partial charge is 0.310 e. The molecule has 0 saturated heterocycles. The van der Waals surface area contributed by atoms with Crippen LogP contribution in [0.5, 0.6) is 0 Å². The Morgan fingerprint density at radius 2 is 2.19 bits per heavy atom. The Morgan fingerprint density at radius 1 is 1.50 bits per heavy atom. The third kappa shape index (κ3) is 2.61. The topological polar surface area (TPSA) is 50.1 Å². The van der Waals surface area contributed by atoms with Crippen LogP contribution in [-0.2, 0) is 22.4 Å². The molecule has 0 N–H and O–H groups in total. The van der Waals surface area contributed by atoms with Crippen molar-refractivity contribution in [1.29, 1.82) is 5.26 Å². The van der Waals surface area contributed by atoms with Crippen LogP contribution in [0.1, 0.15) is 23.6 Å². The minimum atomic E-state index is -0.300. The van der Waals surface area contributed by atoms with Crippen molar-refractivity contribution in [2.24, 2.45) is 0 Å². The molecule has 0 amide bonds. The van der Waals surface area contributed by atoms with E-state index in [-0.39, 0.29) is 12.4 Å². The van der Waals surface area contributed by atoms with Crippen molar-refractivity contribution in [2.45, 2.75) is 19.8 Å². The molecule has 4 heteroatoms. The summed E-state index contributed by atoms with van der Waals surface area (Å²) >= 11 is 3.39. The summed E-state index contributed by atoms with van der Waals surface area (Å²) in [5, 5.41) is 8.97. The van der Waals surface area contributed by atoms with Crippen LogP contribution in [-0.4, -0.2) is 13.1 Å². The summed E-state index contributed by atoms with van der Waals surface area (Å²) in [5.41, 5.74) is 2.36. The van der Waals surface area contributed by atoms with Gasteiger partial charge in [-0.2, -0.15) is 5.26 Å². The molecule has 0 bridgehead atoms. The predicted octanol–water partition coefficient (Wildman–Crippen LogP) is 2.60. The maximum absolute atomic E-state index is 11.3. The zero-order chi connectivity index (χ0) is 12.1. The van der Waals surface area contributed by atoms with Gasteiger partial charge in [0.1, 0.15) is 0 Å². The molecule has 0 heterocycles. The first-order valence-corrected chi connectivity index (χ1v) is 5.70. The molecule has 0 saturated carbocycles. The van der Waals surface area contributed by atoms with Crippen molar-refractivity contribution in [1.82, 2.24) is 0 Å². The summed E-state index contributed by atoms with van der Waals surface area (Å²) in [5.74, 6) is -0.300. The second kappa shape index (κ2) is 5.66. The third-order valence-electron chi connectivity index (χ3n) is 2.40. The normalized spacial score (nSPS) is 9.62. The SMILES string of the molecule is CCc1c(C#N)ccc(Br)c1CC(=O)OC. The first-order valence-electron chi connectivity index (χ1n) is 4.91. The van der Waals surface area contributed by atoms with E-state index in [1.165, 1.54) is 7.11 Å². The predicted molar refractivity (Wildman–Crippen MR) is 64.0 cm³/mol. The lowest BCUT2D eigenvalue weighted by Gasteiger charge is -2.10. The zero-order valence-electron chi connectivity index (χ0n) is 9.21. The lowest BCUT2D eigenvalue weighted by molar-refractivity contribution is -0.139. The number of ether oxygens (including phenoxy) is 1. The van der Waals surface area contributed by atoms with Crippen molar-refractivity contribution in [2.75, 3.05) is 7.11 Å². The van der Waals surface area contributed by atoms with Gasteiger partial charge in [-0.15, -0.1) is 0 Å². The number of benzene rings is 1. The van der Waals surface area contributed by atoms with E-state index in [4.69, 9.17) is 5.26 Å². The fraction of sp³-hybridized carbons (Fsp3) is 0.333. The number of esters is 1. The zero-order valence-corrected chi connectivity index (χ0v) is 10.8. The lowest BCUT2D eigenvalue weighted by Crippen LogP contribution is -2.08. The molecule has 0 aliphatic carbocycles. The fourth-order valence-electron chi connectivity index (χ4n) is 1.58. The van der Waals surface area contributed by atoms with Gasteiger partial charge < -0.3 is 4.74 Å². The van der Waals surface area contributed by atoms with E-state index in [9.17, 15) is 4.79 Å². The molecule has 1 aromatic rings. The highest BCUT2D eigenvalue weighted by atomic mass is 79.9. The fourth-order valence-corrected chi connectivity index (χ4v) is 2.09. The lowest BCUT2D eigenvalue weighted by atomic mass is 9.97. The van der Waals surface area contributed by atoms with E-state index in [0.29, 0.717) is 12.0 Å². The summed E-state index contributed by atoms with van der Waals surface area (Å²) < 4.78 is 5.48. The molecule has 3 nitrogen and oxygen atoms in total. The molecule has 84 valence electrons. The molecular weight excluding hydrogens is 270 g/mol. The average Bonchev–Trinajstić information content (AvgIpc) is 2.31. The van der Waals surface area contributed by atoms with E-state index in [2.05, 4.69) is 26.7 Å². The van der Waals surface area contributed by atoms with Crippen LogP contribution >= 0.6 is 15.9 Å². The molecule has 0 unspecified atom stereocenters. The highest BCUT2D eigenvalue weighted by Gasteiger charge is 2.14. The van der Waals surface area contributed by atoms with E-state index in [1.54, 1.807) is 12.1 Å². The van der Waals surface area contributed by atoms with Crippen molar-refractivity contribution < 1.29 is 9.53 Å². The largest absolute Gasteiger partial charge is 0.469 e. The second-order valence-corrected chi connectivity index (χ2v) is 4.12. The molecule has 1 rings (SSSR count). The molecule has 0 aliphatic rings. The van der Waals surface area contributed by atoms with Gasteiger partial charge >= 0.3 is 5.97 Å².